The number of methoxy groups -OCH3 is 2. The van der Waals surface area contributed by atoms with E-state index in [1.54, 1.807) is 30.5 Å². The van der Waals surface area contributed by atoms with Crippen LogP contribution in [-0.2, 0) is 4.79 Å². The van der Waals surface area contributed by atoms with Crippen LogP contribution in [0.15, 0.2) is 36.7 Å². The van der Waals surface area contributed by atoms with Crippen molar-refractivity contribution in [3.63, 3.8) is 0 Å². The van der Waals surface area contributed by atoms with Crippen molar-refractivity contribution in [2.45, 2.75) is 19.4 Å². The number of carboxylic acids is 1. The van der Waals surface area contributed by atoms with E-state index in [2.05, 4.69) is 15.4 Å². The summed E-state index contributed by atoms with van der Waals surface area (Å²) in [5, 5.41) is 16.2. The third kappa shape index (κ3) is 3.88. The van der Waals surface area contributed by atoms with Gasteiger partial charge in [-0.1, -0.05) is 0 Å². The highest BCUT2D eigenvalue weighted by molar-refractivity contribution is 6.00. The summed E-state index contributed by atoms with van der Waals surface area (Å²) in [5.41, 5.74) is 1.92. The molecular formula is C19H20N4O5. The largest absolute Gasteiger partial charge is 0.497 e. The smallest absolute Gasteiger partial charge is 0.305 e. The Morgan fingerprint density at radius 1 is 1.25 bits per heavy atom. The fraction of sp³-hybridized carbons (Fsp3) is 0.263. The number of hydrogen-bond donors (Lipinski definition) is 2. The Kier molecular flexibility index (Phi) is 5.44. The second-order valence-electron chi connectivity index (χ2n) is 6.13. The normalized spacial score (nSPS) is 11.8. The molecule has 0 fully saturated rings. The number of amides is 1. The van der Waals surface area contributed by atoms with E-state index in [1.807, 2.05) is 6.92 Å². The summed E-state index contributed by atoms with van der Waals surface area (Å²) in [6.07, 6.45) is 2.79. The van der Waals surface area contributed by atoms with Crippen LogP contribution in [0, 0.1) is 6.92 Å². The molecule has 3 rings (SSSR count). The molecule has 9 heteroatoms. The number of benzene rings is 1. The summed E-state index contributed by atoms with van der Waals surface area (Å²) in [6, 6.07) is 5.95. The number of carbonyl (C=O) groups is 2. The maximum atomic E-state index is 12.9. The van der Waals surface area contributed by atoms with Gasteiger partial charge in [0.2, 0.25) is 0 Å². The van der Waals surface area contributed by atoms with Crippen molar-refractivity contribution in [3.8, 4) is 11.5 Å². The van der Waals surface area contributed by atoms with Gasteiger partial charge in [-0.3, -0.25) is 9.59 Å². The molecule has 9 nitrogen and oxygen atoms in total. The summed E-state index contributed by atoms with van der Waals surface area (Å²) in [6.45, 7) is 1.81. The molecule has 3 aromatic rings. The molecule has 0 radical (unpaired) electrons. The molecule has 2 aromatic heterocycles. The van der Waals surface area contributed by atoms with Crippen LogP contribution in [0.2, 0.25) is 0 Å². The minimum atomic E-state index is -1.06. The maximum Gasteiger partial charge on any atom is 0.305 e. The van der Waals surface area contributed by atoms with Gasteiger partial charge in [0, 0.05) is 23.5 Å². The first kappa shape index (κ1) is 19.2. The molecule has 0 aliphatic heterocycles. The van der Waals surface area contributed by atoms with Crippen LogP contribution in [0.5, 0.6) is 11.5 Å². The van der Waals surface area contributed by atoms with Crippen molar-refractivity contribution in [2.24, 2.45) is 0 Å². The molecule has 0 bridgehead atoms. The lowest BCUT2D eigenvalue weighted by Crippen LogP contribution is -2.30. The standard InChI is InChI=1S/C19H20N4O5/c1-11-6-7-23-18(21-11)14(10-20-23)19(26)22-15(9-17(24)25)13-5-4-12(27-2)8-16(13)28-3/h4-8,10,15H,9H2,1-3H3,(H,22,26)(H,24,25). The number of fused-ring (bicyclic) bond motifs is 1. The molecule has 0 aliphatic rings. The van der Waals surface area contributed by atoms with E-state index in [-0.39, 0.29) is 12.0 Å². The molecule has 2 N–H and O–H groups in total. The lowest BCUT2D eigenvalue weighted by molar-refractivity contribution is -0.137. The number of ether oxygens (including phenoxy) is 2. The second-order valence-corrected chi connectivity index (χ2v) is 6.13. The molecule has 0 saturated carbocycles. The monoisotopic (exact) mass is 384 g/mol. The molecule has 0 spiro atoms. The van der Waals surface area contributed by atoms with E-state index in [0.717, 1.165) is 5.69 Å². The van der Waals surface area contributed by atoms with E-state index in [4.69, 9.17) is 9.47 Å². The number of aliphatic carboxylic acids is 1. The van der Waals surface area contributed by atoms with Crippen molar-refractivity contribution < 1.29 is 24.2 Å². The highest BCUT2D eigenvalue weighted by Crippen LogP contribution is 2.31. The van der Waals surface area contributed by atoms with Crippen LogP contribution in [0.1, 0.15) is 34.1 Å². The van der Waals surface area contributed by atoms with Gasteiger partial charge in [0.05, 0.1) is 32.9 Å². The Morgan fingerprint density at radius 2 is 2.04 bits per heavy atom. The van der Waals surface area contributed by atoms with Crippen LogP contribution in [0.4, 0.5) is 0 Å². The predicted octanol–water partition coefficient (Wildman–Crippen LogP) is 2.00. The molecule has 1 aromatic carbocycles. The summed E-state index contributed by atoms with van der Waals surface area (Å²) in [5.74, 6) is -0.558. The number of hydrogen-bond acceptors (Lipinski definition) is 6. The quantitative estimate of drug-likeness (QED) is 0.640. The molecule has 2 heterocycles. The number of rotatable bonds is 7. The fourth-order valence-corrected chi connectivity index (χ4v) is 2.87. The first-order valence-electron chi connectivity index (χ1n) is 8.48. The first-order valence-corrected chi connectivity index (χ1v) is 8.48. The molecule has 146 valence electrons. The molecular weight excluding hydrogens is 364 g/mol. The fourth-order valence-electron chi connectivity index (χ4n) is 2.87. The van der Waals surface area contributed by atoms with Crippen LogP contribution in [0.3, 0.4) is 0 Å². The van der Waals surface area contributed by atoms with E-state index < -0.39 is 17.9 Å². The third-order valence-electron chi connectivity index (χ3n) is 4.25. The van der Waals surface area contributed by atoms with E-state index in [1.165, 1.54) is 24.9 Å². The van der Waals surface area contributed by atoms with E-state index in [0.29, 0.717) is 22.7 Å². The number of carboxylic acid groups (broad SMARTS) is 1. The number of aryl methyl sites for hydroxylation is 1. The Balaban J connectivity index is 1.95. The van der Waals surface area contributed by atoms with E-state index >= 15 is 0 Å². The van der Waals surface area contributed by atoms with Crippen LogP contribution >= 0.6 is 0 Å². The SMILES string of the molecule is COc1ccc(C(CC(=O)O)NC(=O)c2cnn3ccc(C)nc23)c(OC)c1. The lowest BCUT2D eigenvalue weighted by Gasteiger charge is -2.20. The highest BCUT2D eigenvalue weighted by atomic mass is 16.5. The molecule has 1 unspecified atom stereocenters. The van der Waals surface area contributed by atoms with Crippen LogP contribution in [0.25, 0.3) is 5.65 Å². The molecule has 0 aliphatic carbocycles. The Morgan fingerprint density at radius 3 is 2.71 bits per heavy atom. The van der Waals surface area contributed by atoms with Crippen LogP contribution in [-0.4, -0.2) is 45.8 Å². The van der Waals surface area contributed by atoms with Crippen molar-refractivity contribution in [3.05, 3.63) is 53.5 Å². The Labute approximate surface area is 160 Å². The van der Waals surface area contributed by atoms with Gasteiger partial charge in [0.15, 0.2) is 5.65 Å². The summed E-state index contributed by atoms with van der Waals surface area (Å²) >= 11 is 0. The summed E-state index contributed by atoms with van der Waals surface area (Å²) < 4.78 is 12.0. The van der Waals surface area contributed by atoms with Gasteiger partial charge in [-0.05, 0) is 25.1 Å². The zero-order valence-electron chi connectivity index (χ0n) is 15.7. The lowest BCUT2D eigenvalue weighted by atomic mass is 10.0. The average molecular weight is 384 g/mol. The molecule has 0 saturated heterocycles. The maximum absolute atomic E-state index is 12.9. The predicted molar refractivity (Wildman–Crippen MR) is 99.7 cm³/mol. The van der Waals surface area contributed by atoms with Gasteiger partial charge in [0.1, 0.15) is 17.1 Å². The first-order chi connectivity index (χ1) is 13.4. The zero-order valence-corrected chi connectivity index (χ0v) is 15.7. The van der Waals surface area contributed by atoms with Gasteiger partial charge in [-0.25, -0.2) is 9.50 Å². The van der Waals surface area contributed by atoms with Crippen molar-refractivity contribution >= 4 is 17.5 Å². The van der Waals surface area contributed by atoms with Crippen molar-refractivity contribution in [1.29, 1.82) is 0 Å². The minimum Gasteiger partial charge on any atom is -0.497 e. The average Bonchev–Trinajstić information content (AvgIpc) is 3.09. The minimum absolute atomic E-state index is 0.256. The van der Waals surface area contributed by atoms with Crippen molar-refractivity contribution in [1.82, 2.24) is 19.9 Å². The van der Waals surface area contributed by atoms with Crippen molar-refractivity contribution in [2.75, 3.05) is 14.2 Å². The molecule has 1 amide bonds. The zero-order chi connectivity index (χ0) is 20.3. The third-order valence-corrected chi connectivity index (χ3v) is 4.25. The molecule has 1 atom stereocenters. The van der Waals surface area contributed by atoms with Gasteiger partial charge >= 0.3 is 5.97 Å². The second kappa shape index (κ2) is 7.95. The Bertz CT molecular complexity index is 1030. The van der Waals surface area contributed by atoms with Gasteiger partial charge in [0.25, 0.3) is 5.91 Å². The van der Waals surface area contributed by atoms with Gasteiger partial charge < -0.3 is 19.9 Å². The number of nitrogens with one attached hydrogen (secondary N) is 1. The number of nitrogens with zero attached hydrogens (tertiary/aromatic N) is 3. The van der Waals surface area contributed by atoms with Gasteiger partial charge in [-0.15, -0.1) is 0 Å². The van der Waals surface area contributed by atoms with Crippen LogP contribution < -0.4 is 14.8 Å². The number of aromatic nitrogens is 3. The van der Waals surface area contributed by atoms with E-state index in [9.17, 15) is 14.7 Å². The number of carbonyl (C=O) groups excluding carboxylic acids is 1. The molecule has 28 heavy (non-hydrogen) atoms. The van der Waals surface area contributed by atoms with Gasteiger partial charge in [-0.2, -0.15) is 5.10 Å². The highest BCUT2D eigenvalue weighted by Gasteiger charge is 2.24. The topological polar surface area (TPSA) is 115 Å². The summed E-state index contributed by atoms with van der Waals surface area (Å²) in [4.78, 5) is 28.6. The summed E-state index contributed by atoms with van der Waals surface area (Å²) in [7, 11) is 2.99. The Hall–Kier alpha value is -3.62.